The summed E-state index contributed by atoms with van der Waals surface area (Å²) in [6.07, 6.45) is 6.12. The Kier molecular flexibility index (Phi) is 7.30. The van der Waals surface area contributed by atoms with Crippen LogP contribution < -0.4 is 0 Å². The lowest BCUT2D eigenvalue weighted by Crippen LogP contribution is -2.32. The number of aliphatic hydroxyl groups is 1. The zero-order chi connectivity index (χ0) is 14.1. The molecule has 1 aromatic rings. The number of carbonyl (C=O) groups is 1. The molecule has 0 bridgehead atoms. The number of aliphatic hydroxyl groups excluding tert-OH is 1. The van der Waals surface area contributed by atoms with E-state index < -0.39 is 0 Å². The zero-order valence-electron chi connectivity index (χ0n) is 11.5. The van der Waals surface area contributed by atoms with E-state index in [0.29, 0.717) is 19.5 Å². The number of benzene rings is 1. The van der Waals surface area contributed by atoms with Crippen molar-refractivity contribution in [3.8, 4) is 0 Å². The number of allylic oxidation sites excluding steroid dienone is 1. The Balaban J connectivity index is 2.68. The van der Waals surface area contributed by atoms with Crippen molar-refractivity contribution in [1.82, 2.24) is 4.90 Å². The fraction of sp³-hybridized carbons (Fsp3) is 0.400. The first-order valence-corrected chi connectivity index (χ1v) is 7.56. The van der Waals surface area contributed by atoms with E-state index in [2.05, 4.69) is 0 Å². The number of carbonyl (C=O) groups excluding carboxylic acids is 1. The van der Waals surface area contributed by atoms with Gasteiger partial charge >= 0.3 is 0 Å². The molecule has 4 heteroatoms. The molecular formula is C15H21NO2S. The summed E-state index contributed by atoms with van der Waals surface area (Å²) in [7, 11) is 0. The number of thioether (sulfide) groups is 1. The third-order valence-electron chi connectivity index (χ3n) is 2.78. The Labute approximate surface area is 119 Å². The van der Waals surface area contributed by atoms with Crippen molar-refractivity contribution < 1.29 is 9.90 Å². The van der Waals surface area contributed by atoms with E-state index in [9.17, 15) is 4.79 Å². The van der Waals surface area contributed by atoms with Crippen LogP contribution in [0.15, 0.2) is 41.3 Å². The molecule has 0 aromatic heterocycles. The van der Waals surface area contributed by atoms with Gasteiger partial charge in [-0.1, -0.05) is 24.3 Å². The summed E-state index contributed by atoms with van der Waals surface area (Å²) in [6, 6.07) is 8.15. The van der Waals surface area contributed by atoms with Crippen LogP contribution in [0.5, 0.6) is 0 Å². The van der Waals surface area contributed by atoms with Crippen molar-refractivity contribution in [3.63, 3.8) is 0 Å². The second-order valence-corrected chi connectivity index (χ2v) is 5.04. The van der Waals surface area contributed by atoms with Gasteiger partial charge in [0, 0.05) is 24.4 Å². The average Bonchev–Trinajstić information content (AvgIpc) is 2.45. The minimum atomic E-state index is -0.00945. The summed E-state index contributed by atoms with van der Waals surface area (Å²) in [4.78, 5) is 14.9. The summed E-state index contributed by atoms with van der Waals surface area (Å²) in [6.45, 7) is 2.81. The molecule has 1 N–H and O–H groups in total. The van der Waals surface area contributed by atoms with Crippen LogP contribution in [0.25, 0.3) is 0 Å². The quantitative estimate of drug-likeness (QED) is 0.616. The summed E-state index contributed by atoms with van der Waals surface area (Å²) in [5, 5.41) is 9.06. The molecule has 1 aromatic carbocycles. The third-order valence-corrected chi connectivity index (χ3v) is 3.53. The van der Waals surface area contributed by atoms with Crippen LogP contribution in [-0.2, 0) is 11.3 Å². The van der Waals surface area contributed by atoms with Crippen LogP contribution >= 0.6 is 11.8 Å². The van der Waals surface area contributed by atoms with Crippen LogP contribution in [0, 0.1) is 0 Å². The predicted octanol–water partition coefficient (Wildman–Crippen LogP) is 2.70. The Morgan fingerprint density at radius 3 is 2.58 bits per heavy atom. The van der Waals surface area contributed by atoms with Crippen LogP contribution in [0.3, 0.4) is 0 Å². The molecule has 19 heavy (non-hydrogen) atoms. The highest BCUT2D eigenvalue weighted by Crippen LogP contribution is 2.16. The van der Waals surface area contributed by atoms with Gasteiger partial charge in [0.1, 0.15) is 0 Å². The van der Waals surface area contributed by atoms with Crippen molar-refractivity contribution >= 4 is 17.7 Å². The number of hydrogen-bond donors (Lipinski definition) is 1. The molecular weight excluding hydrogens is 258 g/mol. The zero-order valence-corrected chi connectivity index (χ0v) is 12.3. The van der Waals surface area contributed by atoms with Crippen LogP contribution in [0.4, 0.5) is 0 Å². The molecule has 0 atom stereocenters. The Morgan fingerprint density at radius 1 is 1.37 bits per heavy atom. The van der Waals surface area contributed by atoms with Crippen molar-refractivity contribution in [2.75, 3.05) is 19.4 Å². The Hall–Kier alpha value is -1.26. The monoisotopic (exact) mass is 279 g/mol. The minimum Gasteiger partial charge on any atom is -0.395 e. The number of amides is 1. The highest BCUT2D eigenvalue weighted by Gasteiger charge is 2.11. The van der Waals surface area contributed by atoms with Gasteiger partial charge in [-0.3, -0.25) is 4.79 Å². The van der Waals surface area contributed by atoms with Gasteiger partial charge in [0.15, 0.2) is 0 Å². The highest BCUT2D eigenvalue weighted by molar-refractivity contribution is 7.98. The molecule has 0 spiro atoms. The summed E-state index contributed by atoms with van der Waals surface area (Å²) < 4.78 is 0. The third kappa shape index (κ3) is 5.49. The van der Waals surface area contributed by atoms with Gasteiger partial charge < -0.3 is 10.0 Å². The second-order valence-electron chi connectivity index (χ2n) is 4.16. The van der Waals surface area contributed by atoms with Crippen LogP contribution in [-0.4, -0.2) is 35.3 Å². The molecule has 0 unspecified atom stereocenters. The van der Waals surface area contributed by atoms with E-state index in [1.165, 1.54) is 4.90 Å². The largest absolute Gasteiger partial charge is 0.395 e. The van der Waals surface area contributed by atoms with E-state index in [0.717, 1.165) is 5.56 Å². The van der Waals surface area contributed by atoms with E-state index in [-0.39, 0.29) is 12.5 Å². The van der Waals surface area contributed by atoms with Gasteiger partial charge in [-0.15, -0.1) is 11.8 Å². The van der Waals surface area contributed by atoms with Crippen molar-refractivity contribution in [3.05, 3.63) is 42.0 Å². The van der Waals surface area contributed by atoms with Crippen LogP contribution in [0.2, 0.25) is 0 Å². The summed E-state index contributed by atoms with van der Waals surface area (Å²) >= 11 is 1.69. The smallest absolute Gasteiger partial charge is 0.226 e. The van der Waals surface area contributed by atoms with E-state index >= 15 is 0 Å². The maximum absolute atomic E-state index is 12.0. The van der Waals surface area contributed by atoms with E-state index in [1.807, 2.05) is 49.6 Å². The first-order chi connectivity index (χ1) is 9.21. The molecule has 0 aliphatic heterocycles. The molecule has 1 rings (SSSR count). The molecule has 0 heterocycles. The molecule has 0 saturated carbocycles. The number of hydrogen-bond acceptors (Lipinski definition) is 3. The lowest BCUT2D eigenvalue weighted by atomic mass is 10.2. The molecule has 0 aliphatic rings. The Morgan fingerprint density at radius 2 is 2.05 bits per heavy atom. The molecule has 0 fully saturated rings. The SMILES string of the molecule is C/C=C/CC(=O)N(CCO)Cc1ccc(SC)cc1. The van der Waals surface area contributed by atoms with Crippen molar-refractivity contribution in [2.45, 2.75) is 24.8 Å². The molecule has 3 nitrogen and oxygen atoms in total. The second kappa shape index (κ2) is 8.77. The van der Waals surface area contributed by atoms with Gasteiger partial charge in [0.25, 0.3) is 0 Å². The first kappa shape index (κ1) is 15.8. The standard InChI is InChI=1S/C15H21NO2S/c1-3-4-5-15(18)16(10-11-17)12-13-6-8-14(19-2)9-7-13/h3-4,6-9,17H,5,10-12H2,1-2H3/b4-3+. The average molecular weight is 279 g/mol. The number of nitrogens with zero attached hydrogens (tertiary/aromatic N) is 1. The minimum absolute atomic E-state index is 0.00945. The predicted molar refractivity (Wildman–Crippen MR) is 80.2 cm³/mol. The van der Waals surface area contributed by atoms with Crippen molar-refractivity contribution in [2.24, 2.45) is 0 Å². The van der Waals surface area contributed by atoms with E-state index in [1.54, 1.807) is 16.7 Å². The number of rotatable bonds is 7. The molecule has 1 amide bonds. The lowest BCUT2D eigenvalue weighted by molar-refractivity contribution is -0.131. The van der Waals surface area contributed by atoms with Gasteiger partial charge in [0.05, 0.1) is 6.61 Å². The molecule has 104 valence electrons. The lowest BCUT2D eigenvalue weighted by Gasteiger charge is -2.21. The normalized spacial score (nSPS) is 10.9. The first-order valence-electron chi connectivity index (χ1n) is 6.34. The maximum Gasteiger partial charge on any atom is 0.226 e. The van der Waals surface area contributed by atoms with Gasteiger partial charge in [-0.05, 0) is 30.9 Å². The Bertz CT molecular complexity index is 415. The van der Waals surface area contributed by atoms with Gasteiger partial charge in [-0.25, -0.2) is 0 Å². The fourth-order valence-electron chi connectivity index (χ4n) is 1.71. The highest BCUT2D eigenvalue weighted by atomic mass is 32.2. The fourth-order valence-corrected chi connectivity index (χ4v) is 2.12. The molecule has 0 radical (unpaired) electrons. The van der Waals surface area contributed by atoms with Crippen LogP contribution in [0.1, 0.15) is 18.9 Å². The van der Waals surface area contributed by atoms with Gasteiger partial charge in [0.2, 0.25) is 5.91 Å². The van der Waals surface area contributed by atoms with Crippen molar-refractivity contribution in [1.29, 1.82) is 0 Å². The maximum atomic E-state index is 12.0. The molecule has 0 aliphatic carbocycles. The van der Waals surface area contributed by atoms with Gasteiger partial charge in [-0.2, -0.15) is 0 Å². The topological polar surface area (TPSA) is 40.5 Å². The molecule has 0 saturated heterocycles. The van der Waals surface area contributed by atoms with E-state index in [4.69, 9.17) is 5.11 Å². The summed E-state index contributed by atoms with van der Waals surface area (Å²) in [5.74, 6) is 0.0427. The summed E-state index contributed by atoms with van der Waals surface area (Å²) in [5.41, 5.74) is 1.08.